The molecule has 0 aromatic carbocycles. The van der Waals surface area contributed by atoms with Crippen LogP contribution in [0.3, 0.4) is 0 Å². The molecule has 0 saturated heterocycles. The van der Waals surface area contributed by atoms with Crippen LogP contribution in [0.1, 0.15) is 143 Å². The normalized spacial score (nSPS) is 17.5. The van der Waals surface area contributed by atoms with Gasteiger partial charge in [0.25, 0.3) is 0 Å². The molecule has 0 radical (unpaired) electrons. The van der Waals surface area contributed by atoms with Gasteiger partial charge in [-0.25, -0.2) is 0 Å². The molecular formula is C41H80N8O10. The van der Waals surface area contributed by atoms with Gasteiger partial charge in [-0.05, 0) is 26.7 Å². The van der Waals surface area contributed by atoms with Gasteiger partial charge in [0.2, 0.25) is 17.7 Å². The molecule has 0 fully saturated rings. The van der Waals surface area contributed by atoms with Crippen LogP contribution in [-0.4, -0.2) is 148 Å². The largest absolute Gasteiger partial charge is 0.395 e. The molecule has 1 aliphatic rings. The van der Waals surface area contributed by atoms with Crippen molar-refractivity contribution in [2.24, 2.45) is 4.99 Å². The molecule has 0 spiro atoms. The van der Waals surface area contributed by atoms with Crippen LogP contribution in [0.5, 0.6) is 0 Å². The number of nitrogens with one attached hydrogen (secondary N) is 7. The fourth-order valence-corrected chi connectivity index (χ4v) is 6.82. The van der Waals surface area contributed by atoms with Crippen molar-refractivity contribution in [3.8, 4) is 0 Å². The first-order chi connectivity index (χ1) is 28.3. The van der Waals surface area contributed by atoms with Crippen molar-refractivity contribution in [1.29, 1.82) is 0 Å². The Morgan fingerprint density at radius 3 is 1.71 bits per heavy atom. The predicted octanol–water partition coefficient (Wildman–Crippen LogP) is -0.0803. The van der Waals surface area contributed by atoms with Crippen molar-refractivity contribution in [2.45, 2.75) is 198 Å². The number of aliphatic hydroxyl groups excluding tert-OH is 6. The Hall–Kier alpha value is -2.65. The average molecular weight is 845 g/mol. The number of carbonyl (C=O) groups is 4. The summed E-state index contributed by atoms with van der Waals surface area (Å²) in [6.45, 7) is 5.76. The van der Waals surface area contributed by atoms with E-state index in [1.54, 1.807) is 0 Å². The van der Waals surface area contributed by atoms with Gasteiger partial charge in [0.15, 0.2) is 5.78 Å². The fraction of sp³-hybridized carbons (Fsp3) is 0.878. The van der Waals surface area contributed by atoms with E-state index in [4.69, 9.17) is 0 Å². The van der Waals surface area contributed by atoms with E-state index in [9.17, 15) is 49.8 Å². The summed E-state index contributed by atoms with van der Waals surface area (Å²) < 4.78 is 0. The lowest BCUT2D eigenvalue weighted by Crippen LogP contribution is -2.64. The van der Waals surface area contributed by atoms with Gasteiger partial charge in [0.1, 0.15) is 24.7 Å². The van der Waals surface area contributed by atoms with Crippen molar-refractivity contribution in [1.82, 2.24) is 37.2 Å². The second-order valence-electron chi connectivity index (χ2n) is 15.9. The summed E-state index contributed by atoms with van der Waals surface area (Å²) in [4.78, 5) is 54.6. The van der Waals surface area contributed by atoms with Gasteiger partial charge >= 0.3 is 0 Å². The highest BCUT2D eigenvalue weighted by Crippen LogP contribution is 2.13. The molecule has 59 heavy (non-hydrogen) atoms. The predicted molar refractivity (Wildman–Crippen MR) is 227 cm³/mol. The Kier molecular flexibility index (Phi) is 30.4. The van der Waals surface area contributed by atoms with Gasteiger partial charge < -0.3 is 46.6 Å². The third kappa shape index (κ3) is 24.4. The SMILES string of the molecule is CCCCCCCCCCCCCCCC(=O)NCC(=O)N[C@@H](CO)[C@H](O)N[C@@H](CO)[C@H](O)N[C@@H](CC1=NCNC1)[C@H](O)N[C@H](C(=O)N[C@@H](CCCC)C(C)=O)C(C)O. The lowest BCUT2D eigenvalue weighted by atomic mass is 10.0. The lowest BCUT2D eigenvalue weighted by Gasteiger charge is -2.35. The van der Waals surface area contributed by atoms with Gasteiger partial charge in [-0.2, -0.15) is 0 Å². The quantitative estimate of drug-likeness (QED) is 0.0288. The number of Topliss-reactive ketones (excluding diaryl/α,β-unsaturated/α-hetero) is 1. The average Bonchev–Trinajstić information content (AvgIpc) is 3.72. The van der Waals surface area contributed by atoms with Crippen LogP contribution in [-0.2, 0) is 19.2 Å². The highest BCUT2D eigenvalue weighted by molar-refractivity contribution is 5.90. The first-order valence-corrected chi connectivity index (χ1v) is 22.1. The second kappa shape index (κ2) is 33.0. The van der Waals surface area contributed by atoms with Crippen molar-refractivity contribution in [3.63, 3.8) is 0 Å². The zero-order valence-corrected chi connectivity index (χ0v) is 36.2. The van der Waals surface area contributed by atoms with E-state index >= 15 is 0 Å². The van der Waals surface area contributed by atoms with Crippen LogP contribution < -0.4 is 37.2 Å². The molecule has 1 heterocycles. The molecule has 9 atom stereocenters. The molecule has 0 bridgehead atoms. The number of amides is 3. The second-order valence-corrected chi connectivity index (χ2v) is 15.9. The zero-order chi connectivity index (χ0) is 44.0. The minimum absolute atomic E-state index is 0.0556. The van der Waals surface area contributed by atoms with Gasteiger partial charge in [-0.1, -0.05) is 104 Å². The first kappa shape index (κ1) is 54.4. The van der Waals surface area contributed by atoms with Crippen molar-refractivity contribution in [2.75, 3.05) is 33.0 Å². The molecule has 18 heteroatoms. The maximum absolute atomic E-state index is 13.2. The number of unbranched alkanes of at least 4 members (excludes halogenated alkanes) is 13. The number of ketones is 1. The minimum Gasteiger partial charge on any atom is -0.395 e. The molecule has 18 nitrogen and oxygen atoms in total. The molecule has 1 aliphatic heterocycles. The van der Waals surface area contributed by atoms with E-state index in [0.717, 1.165) is 25.7 Å². The molecule has 1 rings (SSSR count). The Balaban J connectivity index is 2.66. The summed E-state index contributed by atoms with van der Waals surface area (Å²) in [6.07, 6.45) is 11.5. The van der Waals surface area contributed by atoms with Crippen molar-refractivity contribution < 1.29 is 49.8 Å². The van der Waals surface area contributed by atoms with Crippen molar-refractivity contribution >= 4 is 29.2 Å². The Morgan fingerprint density at radius 2 is 1.20 bits per heavy atom. The number of carbonyl (C=O) groups excluding carboxylic acids is 4. The molecule has 0 aromatic rings. The number of rotatable bonds is 37. The Labute approximate surface area is 351 Å². The molecular weight excluding hydrogens is 764 g/mol. The monoisotopic (exact) mass is 845 g/mol. The van der Waals surface area contributed by atoms with E-state index in [-0.39, 0.29) is 31.1 Å². The summed E-state index contributed by atoms with van der Waals surface area (Å²) in [7, 11) is 0. The molecule has 13 N–H and O–H groups in total. The van der Waals surface area contributed by atoms with Crippen LogP contribution in [0.4, 0.5) is 0 Å². The van der Waals surface area contributed by atoms with E-state index < -0.39 is 80.0 Å². The standard InChI is InChI=1S/C41H80N8O10/c1-5-7-9-10-11-12-13-14-15-16-17-18-19-21-35(54)43-24-36(55)45-33(25-50)39(57)48-34(26-51)40(58)47-32(22-30-23-42-27-44-30)38(56)49-37(29(4)53)41(59)46-31(28(3)52)20-8-6-2/h29,31-34,37-40,42,47-51,53,56-58H,5-27H2,1-4H3,(H,43,54)(H,45,55)(H,46,59)/t29?,31-,32-,33-,34-,37-,38-,39-,40-/m0/s1. The highest BCUT2D eigenvalue weighted by Gasteiger charge is 2.35. The van der Waals surface area contributed by atoms with Gasteiger partial charge in [-0.3, -0.25) is 45.4 Å². The topological polar surface area (TPSA) is 286 Å². The first-order valence-electron chi connectivity index (χ1n) is 22.1. The molecule has 0 saturated carbocycles. The molecule has 344 valence electrons. The van der Waals surface area contributed by atoms with Gasteiger partial charge in [-0.15, -0.1) is 0 Å². The Bertz CT molecular complexity index is 1200. The number of hydrogen-bond donors (Lipinski definition) is 13. The fourth-order valence-electron chi connectivity index (χ4n) is 6.82. The molecule has 0 aliphatic carbocycles. The Morgan fingerprint density at radius 1 is 0.678 bits per heavy atom. The third-order valence-electron chi connectivity index (χ3n) is 10.6. The summed E-state index contributed by atoms with van der Waals surface area (Å²) in [5.74, 6) is -1.91. The van der Waals surface area contributed by atoms with Crippen LogP contribution in [0.25, 0.3) is 0 Å². The van der Waals surface area contributed by atoms with Crippen LogP contribution in [0, 0.1) is 0 Å². The number of aliphatic hydroxyl groups is 6. The smallest absolute Gasteiger partial charge is 0.240 e. The van der Waals surface area contributed by atoms with Crippen molar-refractivity contribution in [3.05, 3.63) is 0 Å². The van der Waals surface area contributed by atoms with Crippen LogP contribution in [0.2, 0.25) is 0 Å². The van der Waals surface area contributed by atoms with Gasteiger partial charge in [0, 0.05) is 25.1 Å². The zero-order valence-electron chi connectivity index (χ0n) is 36.2. The molecule has 3 amide bonds. The summed E-state index contributed by atoms with van der Waals surface area (Å²) in [6, 6.07) is -5.79. The summed E-state index contributed by atoms with van der Waals surface area (Å²) in [5, 5.41) is 82.5. The highest BCUT2D eigenvalue weighted by atomic mass is 16.3. The maximum Gasteiger partial charge on any atom is 0.240 e. The third-order valence-corrected chi connectivity index (χ3v) is 10.6. The molecule has 1 unspecified atom stereocenters. The van der Waals surface area contributed by atoms with Gasteiger partial charge in [0.05, 0.1) is 56.7 Å². The van der Waals surface area contributed by atoms with Crippen LogP contribution in [0.15, 0.2) is 4.99 Å². The van der Waals surface area contributed by atoms with E-state index in [1.165, 1.54) is 71.6 Å². The van der Waals surface area contributed by atoms with Crippen LogP contribution >= 0.6 is 0 Å². The number of hydrogen-bond acceptors (Lipinski definition) is 15. The van der Waals surface area contributed by atoms with E-state index in [0.29, 0.717) is 38.2 Å². The molecule has 0 aromatic heterocycles. The number of nitrogens with zero attached hydrogens (tertiary/aromatic N) is 1. The number of aliphatic imine (C=N–C) groups is 1. The summed E-state index contributed by atoms with van der Waals surface area (Å²) in [5.41, 5.74) is 0.623. The minimum atomic E-state index is -1.67. The van der Waals surface area contributed by atoms with E-state index in [1.807, 2.05) is 6.92 Å². The van der Waals surface area contributed by atoms with E-state index in [2.05, 4.69) is 49.1 Å². The maximum atomic E-state index is 13.2. The summed E-state index contributed by atoms with van der Waals surface area (Å²) >= 11 is 0. The lowest BCUT2D eigenvalue weighted by molar-refractivity contribution is -0.131.